The summed E-state index contributed by atoms with van der Waals surface area (Å²) in [6.45, 7) is 4.76. The van der Waals surface area contributed by atoms with Crippen molar-refractivity contribution in [2.45, 2.75) is 12.8 Å². The van der Waals surface area contributed by atoms with Gasteiger partial charge in [0.05, 0.1) is 13.7 Å². The van der Waals surface area contributed by atoms with Gasteiger partial charge in [0.2, 0.25) is 11.8 Å². The molecule has 2 fully saturated rings. The topological polar surface area (TPSA) is 65.1 Å². The molecule has 2 saturated heterocycles. The summed E-state index contributed by atoms with van der Waals surface area (Å²) in [5.74, 6) is 0.631. The lowest BCUT2D eigenvalue weighted by Crippen LogP contribution is -2.52. The maximum atomic E-state index is 13.1. The lowest BCUT2D eigenvalue weighted by molar-refractivity contribution is -0.137. The summed E-state index contributed by atoms with van der Waals surface area (Å²) < 4.78 is 18.3. The highest BCUT2D eigenvalue weighted by Crippen LogP contribution is 2.24. The van der Waals surface area contributed by atoms with Crippen molar-refractivity contribution in [1.29, 1.82) is 0 Å². The van der Waals surface area contributed by atoms with E-state index in [9.17, 15) is 14.0 Å². The largest absolute Gasteiger partial charge is 0.497 e. The van der Waals surface area contributed by atoms with Gasteiger partial charge in [-0.15, -0.1) is 0 Å². The number of rotatable bonds is 6. The van der Waals surface area contributed by atoms with E-state index in [0.29, 0.717) is 5.69 Å². The van der Waals surface area contributed by atoms with Gasteiger partial charge < -0.3 is 19.9 Å². The number of halogens is 1. The first-order valence-corrected chi connectivity index (χ1v) is 11.5. The Bertz CT molecular complexity index is 952. The number of benzene rings is 2. The highest BCUT2D eigenvalue weighted by atomic mass is 19.1. The van der Waals surface area contributed by atoms with E-state index in [1.807, 2.05) is 23.1 Å². The van der Waals surface area contributed by atoms with Crippen LogP contribution in [0.5, 0.6) is 5.75 Å². The van der Waals surface area contributed by atoms with Crippen LogP contribution >= 0.6 is 0 Å². The number of carbonyl (C=O) groups excluding carboxylic acids is 2. The van der Waals surface area contributed by atoms with Gasteiger partial charge in [-0.2, -0.15) is 0 Å². The van der Waals surface area contributed by atoms with Gasteiger partial charge in [-0.3, -0.25) is 14.5 Å². The lowest BCUT2D eigenvalue weighted by atomic mass is 9.95. The molecule has 0 bridgehead atoms. The van der Waals surface area contributed by atoms with Crippen molar-refractivity contribution >= 4 is 23.2 Å². The second-order valence-corrected chi connectivity index (χ2v) is 8.62. The van der Waals surface area contributed by atoms with Gasteiger partial charge in [-0.1, -0.05) is 6.07 Å². The smallest absolute Gasteiger partial charge is 0.238 e. The molecule has 2 aromatic carbocycles. The number of hydrogen-bond acceptors (Lipinski definition) is 5. The average molecular weight is 455 g/mol. The van der Waals surface area contributed by atoms with Crippen LogP contribution in [0.1, 0.15) is 12.8 Å². The van der Waals surface area contributed by atoms with Crippen LogP contribution in [-0.4, -0.2) is 74.5 Å². The fraction of sp³-hybridized carbons (Fsp3) is 0.440. The maximum absolute atomic E-state index is 13.1. The van der Waals surface area contributed by atoms with E-state index in [2.05, 4.69) is 21.2 Å². The number of nitrogens with zero attached hydrogens (tertiary/aromatic N) is 3. The first kappa shape index (κ1) is 23.0. The molecule has 2 aromatic rings. The van der Waals surface area contributed by atoms with Crippen molar-refractivity contribution in [1.82, 2.24) is 9.80 Å². The van der Waals surface area contributed by atoms with Crippen LogP contribution in [0.2, 0.25) is 0 Å². The quantitative estimate of drug-likeness (QED) is 0.727. The van der Waals surface area contributed by atoms with Crippen LogP contribution in [0.4, 0.5) is 15.8 Å². The molecule has 7 nitrogen and oxygen atoms in total. The predicted octanol–water partition coefficient (Wildman–Crippen LogP) is 2.83. The predicted molar refractivity (Wildman–Crippen MR) is 126 cm³/mol. The Morgan fingerprint density at radius 3 is 2.36 bits per heavy atom. The summed E-state index contributed by atoms with van der Waals surface area (Å²) in [5.41, 5.74) is 1.70. The van der Waals surface area contributed by atoms with E-state index < -0.39 is 0 Å². The van der Waals surface area contributed by atoms with Crippen LogP contribution in [0, 0.1) is 11.7 Å². The zero-order chi connectivity index (χ0) is 23.2. The van der Waals surface area contributed by atoms with E-state index in [-0.39, 0.29) is 30.1 Å². The van der Waals surface area contributed by atoms with Crippen LogP contribution in [-0.2, 0) is 9.59 Å². The Balaban J connectivity index is 1.20. The molecule has 2 aliphatic heterocycles. The Kier molecular flexibility index (Phi) is 7.44. The fourth-order valence-electron chi connectivity index (χ4n) is 4.53. The minimum absolute atomic E-state index is 0.0183. The summed E-state index contributed by atoms with van der Waals surface area (Å²) in [5, 5.41) is 2.79. The normalized spacial score (nSPS) is 17.6. The summed E-state index contributed by atoms with van der Waals surface area (Å²) in [7, 11) is 1.67. The molecule has 33 heavy (non-hydrogen) atoms. The van der Waals surface area contributed by atoms with E-state index >= 15 is 0 Å². The van der Waals surface area contributed by atoms with Gasteiger partial charge in [0.15, 0.2) is 0 Å². The molecule has 0 unspecified atom stereocenters. The average Bonchev–Trinajstić information content (AvgIpc) is 2.85. The van der Waals surface area contributed by atoms with E-state index in [1.54, 1.807) is 19.2 Å². The zero-order valence-electron chi connectivity index (χ0n) is 19.0. The lowest BCUT2D eigenvalue weighted by Gasteiger charge is -2.39. The SMILES string of the molecule is COc1cccc(N2CCN(C(=O)C3CCN(CC(=O)Nc4ccc(F)cc4)CC3)CC2)c1. The van der Waals surface area contributed by atoms with Gasteiger partial charge >= 0.3 is 0 Å². The summed E-state index contributed by atoms with van der Waals surface area (Å²) in [4.78, 5) is 31.7. The molecule has 2 heterocycles. The third kappa shape index (κ3) is 6.01. The molecule has 0 aromatic heterocycles. The van der Waals surface area contributed by atoms with Gasteiger partial charge in [0, 0.05) is 49.5 Å². The number of amides is 2. The molecule has 0 spiro atoms. The van der Waals surface area contributed by atoms with E-state index in [1.165, 1.54) is 12.1 Å². The number of likely N-dealkylation sites (tertiary alicyclic amines) is 1. The highest BCUT2D eigenvalue weighted by Gasteiger charge is 2.31. The second-order valence-electron chi connectivity index (χ2n) is 8.62. The molecular formula is C25H31FN4O3. The third-order valence-electron chi connectivity index (χ3n) is 6.44. The van der Waals surface area contributed by atoms with Crippen molar-refractivity contribution < 1.29 is 18.7 Å². The first-order valence-electron chi connectivity index (χ1n) is 11.5. The fourth-order valence-corrected chi connectivity index (χ4v) is 4.53. The van der Waals surface area contributed by atoms with Crippen molar-refractivity contribution in [2.24, 2.45) is 5.92 Å². The van der Waals surface area contributed by atoms with E-state index in [0.717, 1.165) is 63.5 Å². The minimum atomic E-state index is -0.332. The number of hydrogen-bond donors (Lipinski definition) is 1. The molecule has 0 aliphatic carbocycles. The number of piperazine rings is 1. The zero-order valence-corrected chi connectivity index (χ0v) is 19.0. The monoisotopic (exact) mass is 454 g/mol. The van der Waals surface area contributed by atoms with Crippen molar-refractivity contribution in [3.8, 4) is 5.75 Å². The third-order valence-corrected chi connectivity index (χ3v) is 6.44. The van der Waals surface area contributed by atoms with Crippen molar-refractivity contribution in [2.75, 3.05) is 63.1 Å². The minimum Gasteiger partial charge on any atom is -0.497 e. The van der Waals surface area contributed by atoms with Gasteiger partial charge in [-0.05, 0) is 62.3 Å². The molecule has 2 aliphatic rings. The summed E-state index contributed by atoms with van der Waals surface area (Å²) >= 11 is 0. The molecular weight excluding hydrogens is 423 g/mol. The summed E-state index contributed by atoms with van der Waals surface area (Å²) in [6.07, 6.45) is 1.53. The molecule has 176 valence electrons. The number of piperidine rings is 1. The molecule has 8 heteroatoms. The van der Waals surface area contributed by atoms with Gasteiger partial charge in [-0.25, -0.2) is 4.39 Å². The van der Waals surface area contributed by atoms with Crippen molar-refractivity contribution in [3.05, 3.63) is 54.3 Å². The van der Waals surface area contributed by atoms with Crippen LogP contribution in [0.15, 0.2) is 48.5 Å². The van der Waals surface area contributed by atoms with Crippen LogP contribution in [0.25, 0.3) is 0 Å². The van der Waals surface area contributed by atoms with Crippen LogP contribution < -0.4 is 15.0 Å². The number of nitrogens with one attached hydrogen (secondary N) is 1. The Hall–Kier alpha value is -3.13. The Morgan fingerprint density at radius 2 is 1.70 bits per heavy atom. The molecule has 0 atom stereocenters. The second kappa shape index (κ2) is 10.7. The summed E-state index contributed by atoms with van der Waals surface area (Å²) in [6, 6.07) is 13.8. The molecule has 0 radical (unpaired) electrons. The highest BCUT2D eigenvalue weighted by molar-refractivity contribution is 5.92. The van der Waals surface area contributed by atoms with Crippen LogP contribution in [0.3, 0.4) is 0 Å². The molecule has 1 N–H and O–H groups in total. The number of anilines is 2. The number of ether oxygens (including phenoxy) is 1. The molecule has 2 amide bonds. The van der Waals surface area contributed by atoms with Gasteiger partial charge in [0.25, 0.3) is 0 Å². The molecule has 4 rings (SSSR count). The van der Waals surface area contributed by atoms with Gasteiger partial charge in [0.1, 0.15) is 11.6 Å². The standard InChI is InChI=1S/C25H31FN4O3/c1-33-23-4-2-3-22(17-23)29-13-15-30(16-14-29)25(32)19-9-11-28(12-10-19)18-24(31)27-21-7-5-20(26)6-8-21/h2-8,17,19H,9-16,18H2,1H3,(H,27,31). The Labute approximate surface area is 194 Å². The number of carbonyl (C=O) groups is 2. The number of methoxy groups -OCH3 is 1. The van der Waals surface area contributed by atoms with E-state index in [4.69, 9.17) is 4.74 Å². The Morgan fingerprint density at radius 1 is 1.00 bits per heavy atom. The van der Waals surface area contributed by atoms with Crippen molar-refractivity contribution in [3.63, 3.8) is 0 Å². The maximum Gasteiger partial charge on any atom is 0.238 e. The first-order chi connectivity index (χ1) is 16.0. The molecule has 0 saturated carbocycles.